The molecule has 7 nitrogen and oxygen atoms in total. The molecule has 0 saturated heterocycles. The van der Waals surface area contributed by atoms with Crippen LogP contribution in [0.15, 0.2) is 59.5 Å². The van der Waals surface area contributed by atoms with Crippen LogP contribution >= 0.6 is 11.6 Å². The molecule has 0 aromatic heterocycles. The predicted octanol–water partition coefficient (Wildman–Crippen LogP) is 2.90. The van der Waals surface area contributed by atoms with Gasteiger partial charge in [-0.3, -0.25) is 9.59 Å². The monoisotopic (exact) mass is 465 g/mol. The van der Waals surface area contributed by atoms with Gasteiger partial charge >= 0.3 is 0 Å². The Bertz CT molecular complexity index is 982. The summed E-state index contributed by atoms with van der Waals surface area (Å²) < 4.78 is 26.7. The molecule has 1 N–H and O–H groups in total. The van der Waals surface area contributed by atoms with Crippen molar-refractivity contribution >= 4 is 33.4 Å². The maximum Gasteiger partial charge on any atom is 0.243 e. The minimum absolute atomic E-state index is 0.0375. The van der Waals surface area contributed by atoms with Crippen molar-refractivity contribution < 1.29 is 18.0 Å². The first kappa shape index (κ1) is 24.8. The van der Waals surface area contributed by atoms with E-state index in [1.54, 1.807) is 6.92 Å². The van der Waals surface area contributed by atoms with E-state index < -0.39 is 28.5 Å². The van der Waals surface area contributed by atoms with Gasteiger partial charge in [0.15, 0.2) is 0 Å². The van der Waals surface area contributed by atoms with Crippen molar-refractivity contribution in [2.45, 2.75) is 37.8 Å². The van der Waals surface area contributed by atoms with Crippen LogP contribution in [0.25, 0.3) is 0 Å². The van der Waals surface area contributed by atoms with Gasteiger partial charge in [-0.25, -0.2) is 8.42 Å². The summed E-state index contributed by atoms with van der Waals surface area (Å²) in [6.45, 7) is 3.87. The molecule has 0 aliphatic heterocycles. The highest BCUT2D eigenvalue weighted by Crippen LogP contribution is 2.18. The lowest BCUT2D eigenvalue weighted by Crippen LogP contribution is -2.50. The zero-order valence-corrected chi connectivity index (χ0v) is 19.5. The van der Waals surface area contributed by atoms with E-state index in [0.717, 1.165) is 16.3 Å². The Balaban J connectivity index is 2.22. The van der Waals surface area contributed by atoms with Gasteiger partial charge < -0.3 is 10.2 Å². The summed E-state index contributed by atoms with van der Waals surface area (Å²) in [6.07, 6.45) is 0.771. The number of carbonyl (C=O) groups is 2. The molecule has 168 valence electrons. The highest BCUT2D eigenvalue weighted by Gasteiger charge is 2.30. The van der Waals surface area contributed by atoms with Crippen molar-refractivity contribution in [1.29, 1.82) is 0 Å². The highest BCUT2D eigenvalue weighted by atomic mass is 35.5. The SMILES string of the molecule is CCCNC(=O)[C@H](C)N(Cc1ccccc1)C(=O)CN(C)S(=O)(=O)c1ccc(Cl)cc1. The van der Waals surface area contributed by atoms with Crippen LogP contribution in [-0.4, -0.2) is 55.6 Å². The molecule has 2 aromatic rings. The normalized spacial score (nSPS) is 12.4. The van der Waals surface area contributed by atoms with E-state index in [1.807, 2.05) is 37.3 Å². The molecular weight excluding hydrogens is 438 g/mol. The van der Waals surface area contributed by atoms with E-state index in [-0.39, 0.29) is 17.3 Å². The average Bonchev–Trinajstić information content (AvgIpc) is 2.76. The summed E-state index contributed by atoms with van der Waals surface area (Å²) in [6, 6.07) is 14.2. The van der Waals surface area contributed by atoms with Crippen LogP contribution in [0.5, 0.6) is 0 Å². The minimum Gasteiger partial charge on any atom is -0.354 e. The zero-order chi connectivity index (χ0) is 23.0. The molecule has 0 bridgehead atoms. The second kappa shape index (κ2) is 11.3. The molecule has 31 heavy (non-hydrogen) atoms. The van der Waals surface area contributed by atoms with Crippen LogP contribution < -0.4 is 5.32 Å². The lowest BCUT2D eigenvalue weighted by atomic mass is 10.1. The first-order chi connectivity index (χ1) is 14.7. The van der Waals surface area contributed by atoms with Crippen LogP contribution in [0.4, 0.5) is 0 Å². The van der Waals surface area contributed by atoms with Crippen LogP contribution in [0.3, 0.4) is 0 Å². The Morgan fingerprint density at radius 2 is 1.68 bits per heavy atom. The Hall–Kier alpha value is -2.42. The maximum absolute atomic E-state index is 13.1. The Morgan fingerprint density at radius 1 is 1.06 bits per heavy atom. The standard InChI is InChI=1S/C22H28ClN3O4S/c1-4-14-24-22(28)17(2)26(15-18-8-6-5-7-9-18)21(27)16-25(3)31(29,30)20-12-10-19(23)11-13-20/h5-13,17H,4,14-16H2,1-3H3,(H,24,28)/t17-/m0/s1. The van der Waals surface area contributed by atoms with Crippen molar-refractivity contribution in [3.8, 4) is 0 Å². The van der Waals surface area contributed by atoms with Gasteiger partial charge in [0.25, 0.3) is 0 Å². The first-order valence-corrected chi connectivity index (χ1v) is 11.8. The van der Waals surface area contributed by atoms with E-state index in [2.05, 4.69) is 5.32 Å². The number of rotatable bonds is 10. The minimum atomic E-state index is -3.89. The number of sulfonamides is 1. The molecule has 2 amide bonds. The van der Waals surface area contributed by atoms with Crippen LogP contribution in [0, 0.1) is 0 Å². The zero-order valence-electron chi connectivity index (χ0n) is 17.9. The Labute approximate surface area is 189 Å². The summed E-state index contributed by atoms with van der Waals surface area (Å²) in [7, 11) is -2.55. The predicted molar refractivity (Wildman–Crippen MR) is 121 cm³/mol. The van der Waals surface area contributed by atoms with Gasteiger partial charge in [0.1, 0.15) is 6.04 Å². The van der Waals surface area contributed by atoms with Crippen molar-refractivity contribution in [3.63, 3.8) is 0 Å². The van der Waals surface area contributed by atoms with Crippen LogP contribution in [0.2, 0.25) is 5.02 Å². The lowest BCUT2D eigenvalue weighted by molar-refractivity contribution is -0.140. The van der Waals surface area contributed by atoms with Crippen LogP contribution in [-0.2, 0) is 26.2 Å². The average molecular weight is 466 g/mol. The third-order valence-electron chi connectivity index (χ3n) is 4.79. The maximum atomic E-state index is 13.1. The smallest absolute Gasteiger partial charge is 0.243 e. The first-order valence-electron chi connectivity index (χ1n) is 9.99. The summed E-state index contributed by atoms with van der Waals surface area (Å²) in [4.78, 5) is 27.1. The summed E-state index contributed by atoms with van der Waals surface area (Å²) in [5, 5.41) is 3.21. The molecule has 9 heteroatoms. The largest absolute Gasteiger partial charge is 0.354 e. The molecule has 0 saturated carbocycles. The summed E-state index contributed by atoms with van der Waals surface area (Å²) >= 11 is 5.84. The molecule has 0 aliphatic rings. The molecule has 0 heterocycles. The number of nitrogens with zero attached hydrogens (tertiary/aromatic N) is 2. The number of hydrogen-bond acceptors (Lipinski definition) is 4. The number of likely N-dealkylation sites (N-methyl/N-ethyl adjacent to an activating group) is 1. The van der Waals surface area contributed by atoms with Crippen molar-refractivity contribution in [3.05, 3.63) is 65.2 Å². The Kier molecular flexibility index (Phi) is 9.03. The van der Waals surface area contributed by atoms with Crippen molar-refractivity contribution in [2.75, 3.05) is 20.1 Å². The molecule has 2 aromatic carbocycles. The third kappa shape index (κ3) is 6.78. The second-order valence-electron chi connectivity index (χ2n) is 7.19. The molecule has 0 radical (unpaired) electrons. The number of nitrogens with one attached hydrogen (secondary N) is 1. The fourth-order valence-electron chi connectivity index (χ4n) is 2.91. The third-order valence-corrected chi connectivity index (χ3v) is 6.86. The number of benzene rings is 2. The number of hydrogen-bond donors (Lipinski definition) is 1. The number of carbonyl (C=O) groups excluding carboxylic acids is 2. The summed E-state index contributed by atoms with van der Waals surface area (Å²) in [5.74, 6) is -0.752. The molecule has 1 atom stereocenters. The van der Waals surface area contributed by atoms with E-state index >= 15 is 0 Å². The quantitative estimate of drug-likeness (QED) is 0.584. The number of amides is 2. The molecule has 0 fully saturated rings. The molecule has 0 spiro atoms. The fourth-order valence-corrected chi connectivity index (χ4v) is 4.16. The van der Waals surface area contributed by atoms with Crippen molar-refractivity contribution in [1.82, 2.24) is 14.5 Å². The molecule has 0 unspecified atom stereocenters. The topological polar surface area (TPSA) is 86.8 Å². The van der Waals surface area contributed by atoms with E-state index in [4.69, 9.17) is 11.6 Å². The van der Waals surface area contributed by atoms with E-state index in [0.29, 0.717) is 11.6 Å². The highest BCUT2D eigenvalue weighted by molar-refractivity contribution is 7.89. The lowest BCUT2D eigenvalue weighted by Gasteiger charge is -2.30. The van der Waals surface area contributed by atoms with Crippen molar-refractivity contribution in [2.24, 2.45) is 0 Å². The van der Waals surface area contributed by atoms with Gasteiger partial charge in [0.2, 0.25) is 21.8 Å². The van der Waals surface area contributed by atoms with Gasteiger partial charge in [0, 0.05) is 25.2 Å². The van der Waals surface area contributed by atoms with Gasteiger partial charge in [0.05, 0.1) is 11.4 Å². The van der Waals surface area contributed by atoms with Gasteiger partial charge in [-0.15, -0.1) is 0 Å². The van der Waals surface area contributed by atoms with Gasteiger partial charge in [-0.05, 0) is 43.2 Å². The fraction of sp³-hybridized carbons (Fsp3) is 0.364. The Morgan fingerprint density at radius 3 is 2.26 bits per heavy atom. The van der Waals surface area contributed by atoms with E-state index in [1.165, 1.54) is 36.2 Å². The number of halogens is 1. The molecular formula is C22H28ClN3O4S. The van der Waals surface area contributed by atoms with Crippen LogP contribution in [0.1, 0.15) is 25.8 Å². The summed E-state index contributed by atoms with van der Waals surface area (Å²) in [5.41, 5.74) is 0.842. The molecule has 0 aliphatic carbocycles. The van der Waals surface area contributed by atoms with Gasteiger partial charge in [-0.2, -0.15) is 4.31 Å². The van der Waals surface area contributed by atoms with Gasteiger partial charge in [-0.1, -0.05) is 48.9 Å². The molecule has 2 rings (SSSR count). The van der Waals surface area contributed by atoms with E-state index in [9.17, 15) is 18.0 Å². The second-order valence-corrected chi connectivity index (χ2v) is 9.67.